The summed E-state index contributed by atoms with van der Waals surface area (Å²) in [6.07, 6.45) is 1.22. The van der Waals surface area contributed by atoms with Crippen molar-refractivity contribution < 1.29 is 4.92 Å². The number of nitro groups is 1. The summed E-state index contributed by atoms with van der Waals surface area (Å²) in [5.74, 6) is 0.623. The molecule has 8 heteroatoms. The van der Waals surface area contributed by atoms with E-state index in [4.69, 9.17) is 0 Å². The van der Waals surface area contributed by atoms with Crippen LogP contribution in [0.2, 0.25) is 0 Å². The lowest BCUT2D eigenvalue weighted by Gasteiger charge is -2.18. The summed E-state index contributed by atoms with van der Waals surface area (Å²) in [7, 11) is 3.88. The Balaban J connectivity index is 2.93. The van der Waals surface area contributed by atoms with Crippen molar-refractivity contribution in [3.8, 4) is 0 Å². The fourth-order valence-corrected chi connectivity index (χ4v) is 1.69. The summed E-state index contributed by atoms with van der Waals surface area (Å²) < 4.78 is 0. The maximum absolute atomic E-state index is 10.9. The lowest BCUT2D eigenvalue weighted by molar-refractivity contribution is -0.384. The standard InChI is InChI=1S/C11H20N6O2/c1-5-12-11-13-6-9(17(18)19)10(15-11)14-8(2)7-16(3)4/h6,8H,5,7H2,1-4H3,(H2,12,13,14,15). The normalized spacial score (nSPS) is 12.3. The second-order valence-corrected chi connectivity index (χ2v) is 4.52. The molecule has 1 aromatic rings. The first-order valence-electron chi connectivity index (χ1n) is 6.10. The van der Waals surface area contributed by atoms with Gasteiger partial charge in [0.15, 0.2) is 0 Å². The fourth-order valence-electron chi connectivity index (χ4n) is 1.69. The lowest BCUT2D eigenvalue weighted by Crippen LogP contribution is -2.30. The third-order valence-electron chi connectivity index (χ3n) is 2.32. The Morgan fingerprint density at radius 2 is 2.21 bits per heavy atom. The third-order valence-corrected chi connectivity index (χ3v) is 2.32. The Kier molecular flexibility index (Phi) is 5.43. The van der Waals surface area contributed by atoms with Crippen LogP contribution < -0.4 is 10.6 Å². The molecule has 19 heavy (non-hydrogen) atoms. The maximum Gasteiger partial charge on any atom is 0.329 e. The molecule has 2 N–H and O–H groups in total. The van der Waals surface area contributed by atoms with Gasteiger partial charge in [-0.3, -0.25) is 10.1 Å². The summed E-state index contributed by atoms with van der Waals surface area (Å²) in [5.41, 5.74) is -0.118. The van der Waals surface area contributed by atoms with Crippen LogP contribution in [0.25, 0.3) is 0 Å². The highest BCUT2D eigenvalue weighted by Gasteiger charge is 2.18. The van der Waals surface area contributed by atoms with Gasteiger partial charge in [-0.05, 0) is 27.9 Å². The molecule has 1 unspecified atom stereocenters. The predicted octanol–water partition coefficient (Wildman–Crippen LogP) is 1.18. The summed E-state index contributed by atoms with van der Waals surface area (Å²) in [6.45, 7) is 5.26. The van der Waals surface area contributed by atoms with Crippen molar-refractivity contribution in [2.45, 2.75) is 19.9 Å². The largest absolute Gasteiger partial charge is 0.360 e. The van der Waals surface area contributed by atoms with Crippen molar-refractivity contribution in [1.29, 1.82) is 0 Å². The molecule has 0 saturated heterocycles. The third kappa shape index (κ3) is 4.66. The first-order chi connectivity index (χ1) is 8.93. The number of rotatable bonds is 7. The van der Waals surface area contributed by atoms with E-state index in [9.17, 15) is 10.1 Å². The molecule has 0 saturated carbocycles. The van der Waals surface area contributed by atoms with Crippen molar-refractivity contribution in [3.05, 3.63) is 16.3 Å². The molecular weight excluding hydrogens is 248 g/mol. The van der Waals surface area contributed by atoms with Crippen LogP contribution in [0.5, 0.6) is 0 Å². The van der Waals surface area contributed by atoms with Crippen molar-refractivity contribution >= 4 is 17.5 Å². The van der Waals surface area contributed by atoms with Crippen molar-refractivity contribution in [2.24, 2.45) is 0 Å². The van der Waals surface area contributed by atoms with E-state index in [0.29, 0.717) is 12.5 Å². The Labute approximate surface area is 112 Å². The number of likely N-dealkylation sites (N-methyl/N-ethyl adjacent to an activating group) is 1. The molecule has 0 bridgehead atoms. The van der Waals surface area contributed by atoms with Gasteiger partial charge in [0, 0.05) is 19.1 Å². The number of nitrogens with one attached hydrogen (secondary N) is 2. The van der Waals surface area contributed by atoms with Gasteiger partial charge in [-0.2, -0.15) is 4.98 Å². The number of aromatic nitrogens is 2. The van der Waals surface area contributed by atoms with Crippen LogP contribution in [0.3, 0.4) is 0 Å². The Bertz CT molecular complexity index is 437. The van der Waals surface area contributed by atoms with Crippen LogP contribution in [0.1, 0.15) is 13.8 Å². The molecule has 0 aliphatic rings. The minimum absolute atomic E-state index is 0.0399. The first-order valence-corrected chi connectivity index (χ1v) is 6.10. The van der Waals surface area contributed by atoms with E-state index in [-0.39, 0.29) is 17.5 Å². The molecule has 0 radical (unpaired) electrons. The van der Waals surface area contributed by atoms with Gasteiger partial charge in [-0.25, -0.2) is 4.98 Å². The van der Waals surface area contributed by atoms with Gasteiger partial charge >= 0.3 is 5.69 Å². The SMILES string of the molecule is CCNc1ncc([N+](=O)[O-])c(NC(C)CN(C)C)n1. The molecule has 8 nitrogen and oxygen atoms in total. The zero-order valence-corrected chi connectivity index (χ0v) is 11.7. The smallest absolute Gasteiger partial charge is 0.329 e. The Hall–Kier alpha value is -1.96. The van der Waals surface area contributed by atoms with Crippen LogP contribution in [0.4, 0.5) is 17.5 Å². The maximum atomic E-state index is 10.9. The van der Waals surface area contributed by atoms with Crippen molar-refractivity contribution in [1.82, 2.24) is 14.9 Å². The number of anilines is 2. The minimum atomic E-state index is -0.486. The van der Waals surface area contributed by atoms with Crippen LogP contribution in [0, 0.1) is 10.1 Å². The highest BCUT2D eigenvalue weighted by Crippen LogP contribution is 2.22. The summed E-state index contributed by atoms with van der Waals surface area (Å²) in [6, 6.07) is 0.0399. The highest BCUT2D eigenvalue weighted by molar-refractivity contribution is 5.57. The van der Waals surface area contributed by atoms with Gasteiger partial charge in [0.2, 0.25) is 11.8 Å². The quantitative estimate of drug-likeness (QED) is 0.566. The molecular formula is C11H20N6O2. The molecule has 1 heterocycles. The van der Waals surface area contributed by atoms with E-state index < -0.39 is 4.92 Å². The Morgan fingerprint density at radius 3 is 2.74 bits per heavy atom. The number of nitrogens with zero attached hydrogens (tertiary/aromatic N) is 4. The zero-order valence-electron chi connectivity index (χ0n) is 11.7. The summed E-state index contributed by atoms with van der Waals surface area (Å²) in [5, 5.41) is 16.9. The molecule has 0 aliphatic heterocycles. The van der Waals surface area contributed by atoms with Gasteiger partial charge in [-0.15, -0.1) is 0 Å². The van der Waals surface area contributed by atoms with Crippen molar-refractivity contribution in [2.75, 3.05) is 37.8 Å². The van der Waals surface area contributed by atoms with Crippen LogP contribution >= 0.6 is 0 Å². The lowest BCUT2D eigenvalue weighted by atomic mass is 10.3. The van der Waals surface area contributed by atoms with Gasteiger partial charge in [0.25, 0.3) is 0 Å². The summed E-state index contributed by atoms with van der Waals surface area (Å²) in [4.78, 5) is 20.5. The number of hydrogen-bond acceptors (Lipinski definition) is 7. The van der Waals surface area contributed by atoms with Crippen molar-refractivity contribution in [3.63, 3.8) is 0 Å². The number of hydrogen-bond donors (Lipinski definition) is 2. The van der Waals surface area contributed by atoms with E-state index in [2.05, 4.69) is 20.6 Å². The minimum Gasteiger partial charge on any atom is -0.360 e. The van der Waals surface area contributed by atoms with Gasteiger partial charge < -0.3 is 15.5 Å². The molecule has 106 valence electrons. The summed E-state index contributed by atoms with van der Waals surface area (Å²) >= 11 is 0. The van der Waals surface area contributed by atoms with E-state index in [1.165, 1.54) is 6.20 Å². The molecule has 1 atom stereocenters. The average Bonchev–Trinajstić information content (AvgIpc) is 2.27. The van der Waals surface area contributed by atoms with E-state index >= 15 is 0 Å². The monoisotopic (exact) mass is 268 g/mol. The molecule has 1 aromatic heterocycles. The highest BCUT2D eigenvalue weighted by atomic mass is 16.6. The van der Waals surface area contributed by atoms with Gasteiger partial charge in [-0.1, -0.05) is 0 Å². The zero-order chi connectivity index (χ0) is 14.4. The first kappa shape index (κ1) is 15.1. The topological polar surface area (TPSA) is 96.2 Å². The fraction of sp³-hybridized carbons (Fsp3) is 0.636. The molecule has 0 aliphatic carbocycles. The average molecular weight is 268 g/mol. The van der Waals surface area contributed by atoms with Crippen LogP contribution in [-0.4, -0.2) is 53.0 Å². The molecule has 0 amide bonds. The van der Waals surface area contributed by atoms with Crippen LogP contribution in [0.15, 0.2) is 6.20 Å². The predicted molar refractivity (Wildman–Crippen MR) is 74.5 cm³/mol. The Morgan fingerprint density at radius 1 is 1.53 bits per heavy atom. The van der Waals surface area contributed by atoms with Gasteiger partial charge in [0.05, 0.1) is 4.92 Å². The second kappa shape index (κ2) is 6.83. The van der Waals surface area contributed by atoms with E-state index in [0.717, 1.165) is 6.54 Å². The molecule has 1 rings (SSSR count). The molecule has 0 fully saturated rings. The molecule has 0 aromatic carbocycles. The second-order valence-electron chi connectivity index (χ2n) is 4.52. The van der Waals surface area contributed by atoms with E-state index in [1.807, 2.05) is 32.8 Å². The van der Waals surface area contributed by atoms with Crippen LogP contribution in [-0.2, 0) is 0 Å². The van der Waals surface area contributed by atoms with E-state index in [1.54, 1.807) is 0 Å². The molecule has 0 spiro atoms. The van der Waals surface area contributed by atoms with Gasteiger partial charge in [0.1, 0.15) is 6.20 Å².